The summed E-state index contributed by atoms with van der Waals surface area (Å²) in [6, 6.07) is -0.188. The molecule has 2 aliphatic carbocycles. The number of amides is 2. The van der Waals surface area contributed by atoms with Gasteiger partial charge in [0.25, 0.3) is 0 Å². The van der Waals surface area contributed by atoms with Crippen molar-refractivity contribution in [3.63, 3.8) is 0 Å². The van der Waals surface area contributed by atoms with Crippen LogP contribution in [0.4, 0.5) is 0 Å². The van der Waals surface area contributed by atoms with Crippen molar-refractivity contribution in [1.82, 2.24) is 4.90 Å². The first-order valence-electron chi connectivity index (χ1n) is 8.08. The maximum absolute atomic E-state index is 12.5. The molecular formula is C16H23NO4. The standard InChI is InChI=1S/C16H23NO4/c18-13-9-16(6-2-1-3-7-16)10-14(19)17(13)12-5-4-11(8-12)15(20)21/h11-12H,1-10H2,(H,20,21)/t11-,12+/m1/s1. The minimum Gasteiger partial charge on any atom is -0.481 e. The highest BCUT2D eigenvalue weighted by Crippen LogP contribution is 2.46. The van der Waals surface area contributed by atoms with Crippen LogP contribution in [-0.2, 0) is 14.4 Å². The number of carboxylic acids is 1. The number of hydrogen-bond donors (Lipinski definition) is 1. The zero-order valence-electron chi connectivity index (χ0n) is 12.3. The Morgan fingerprint density at radius 2 is 1.67 bits per heavy atom. The minimum absolute atomic E-state index is 0.0656. The lowest BCUT2D eigenvalue weighted by Crippen LogP contribution is -2.52. The van der Waals surface area contributed by atoms with E-state index in [0.717, 1.165) is 25.7 Å². The number of carbonyl (C=O) groups excluding carboxylic acids is 2. The smallest absolute Gasteiger partial charge is 0.306 e. The van der Waals surface area contributed by atoms with Crippen LogP contribution in [-0.4, -0.2) is 33.8 Å². The average Bonchev–Trinajstić information content (AvgIpc) is 2.88. The number of hydrogen-bond acceptors (Lipinski definition) is 3. The third-order valence-electron chi connectivity index (χ3n) is 5.62. The van der Waals surface area contributed by atoms with Crippen molar-refractivity contribution in [2.75, 3.05) is 0 Å². The lowest BCUT2D eigenvalue weighted by Gasteiger charge is -2.44. The molecule has 3 aliphatic rings. The molecule has 0 aromatic rings. The summed E-state index contributed by atoms with van der Waals surface area (Å²) in [5, 5.41) is 9.07. The molecule has 0 radical (unpaired) electrons. The van der Waals surface area contributed by atoms with Crippen molar-refractivity contribution in [2.45, 2.75) is 70.3 Å². The van der Waals surface area contributed by atoms with Crippen LogP contribution in [0, 0.1) is 11.3 Å². The van der Waals surface area contributed by atoms with E-state index in [2.05, 4.69) is 0 Å². The van der Waals surface area contributed by atoms with Gasteiger partial charge >= 0.3 is 5.97 Å². The van der Waals surface area contributed by atoms with E-state index in [9.17, 15) is 14.4 Å². The van der Waals surface area contributed by atoms with Crippen LogP contribution in [0.15, 0.2) is 0 Å². The molecule has 5 heteroatoms. The van der Waals surface area contributed by atoms with Gasteiger partial charge in [-0.3, -0.25) is 19.3 Å². The van der Waals surface area contributed by atoms with Gasteiger partial charge in [0.05, 0.1) is 5.92 Å². The second-order valence-electron chi connectivity index (χ2n) is 7.07. The monoisotopic (exact) mass is 293 g/mol. The number of carbonyl (C=O) groups is 3. The van der Waals surface area contributed by atoms with Gasteiger partial charge in [0.15, 0.2) is 0 Å². The maximum Gasteiger partial charge on any atom is 0.306 e. The zero-order valence-corrected chi connectivity index (χ0v) is 12.3. The van der Waals surface area contributed by atoms with Crippen molar-refractivity contribution in [2.24, 2.45) is 11.3 Å². The molecule has 3 rings (SSSR count). The predicted octanol–water partition coefficient (Wildman–Crippen LogP) is 2.34. The lowest BCUT2D eigenvalue weighted by molar-refractivity contribution is -0.158. The van der Waals surface area contributed by atoms with Crippen LogP contribution >= 0.6 is 0 Å². The summed E-state index contributed by atoms with van der Waals surface area (Å²) >= 11 is 0. The quantitative estimate of drug-likeness (QED) is 0.793. The zero-order chi connectivity index (χ0) is 15.0. The second-order valence-corrected chi connectivity index (χ2v) is 7.07. The molecule has 0 bridgehead atoms. The van der Waals surface area contributed by atoms with Crippen LogP contribution in [0.5, 0.6) is 0 Å². The average molecular weight is 293 g/mol. The molecule has 3 fully saturated rings. The highest BCUT2D eigenvalue weighted by Gasteiger charge is 2.47. The summed E-state index contributed by atoms with van der Waals surface area (Å²) in [6.07, 6.45) is 8.01. The number of aliphatic carboxylic acids is 1. The third kappa shape index (κ3) is 2.70. The highest BCUT2D eigenvalue weighted by atomic mass is 16.4. The summed E-state index contributed by atoms with van der Waals surface area (Å²) < 4.78 is 0. The van der Waals surface area contributed by atoms with E-state index in [1.54, 1.807) is 0 Å². The van der Waals surface area contributed by atoms with Gasteiger partial charge in [-0.1, -0.05) is 19.3 Å². The Bertz CT molecular complexity index is 447. The summed E-state index contributed by atoms with van der Waals surface area (Å²) in [4.78, 5) is 37.5. The Kier molecular flexibility index (Phi) is 3.76. The van der Waals surface area contributed by atoms with Crippen LogP contribution in [0.3, 0.4) is 0 Å². The highest BCUT2D eigenvalue weighted by molar-refractivity contribution is 5.99. The normalized spacial score (nSPS) is 32.7. The fourth-order valence-electron chi connectivity index (χ4n) is 4.49. The second kappa shape index (κ2) is 5.43. The Morgan fingerprint density at radius 1 is 1.05 bits per heavy atom. The fourth-order valence-corrected chi connectivity index (χ4v) is 4.49. The molecule has 21 heavy (non-hydrogen) atoms. The number of likely N-dealkylation sites (tertiary alicyclic amines) is 1. The van der Waals surface area contributed by atoms with E-state index < -0.39 is 11.9 Å². The number of imide groups is 1. The summed E-state index contributed by atoms with van der Waals surface area (Å²) in [6.45, 7) is 0. The van der Waals surface area contributed by atoms with Gasteiger partial charge in [0.2, 0.25) is 11.8 Å². The van der Waals surface area contributed by atoms with Gasteiger partial charge in [-0.2, -0.15) is 0 Å². The van der Waals surface area contributed by atoms with Crippen LogP contribution < -0.4 is 0 Å². The maximum atomic E-state index is 12.5. The molecule has 1 saturated heterocycles. The van der Waals surface area contributed by atoms with Gasteiger partial charge in [-0.15, -0.1) is 0 Å². The van der Waals surface area contributed by atoms with E-state index >= 15 is 0 Å². The Balaban J connectivity index is 1.70. The minimum atomic E-state index is -0.807. The molecule has 0 unspecified atom stereocenters. The summed E-state index contributed by atoms with van der Waals surface area (Å²) in [5.41, 5.74) is -0.0896. The topological polar surface area (TPSA) is 74.7 Å². The molecule has 2 atom stereocenters. The largest absolute Gasteiger partial charge is 0.481 e. The lowest BCUT2D eigenvalue weighted by atomic mass is 9.67. The SMILES string of the molecule is O=C(O)[C@@H]1CC[C@H](N2C(=O)CC3(CCCCC3)CC2=O)C1. The van der Waals surface area contributed by atoms with Crippen molar-refractivity contribution >= 4 is 17.8 Å². The van der Waals surface area contributed by atoms with Crippen LogP contribution in [0.2, 0.25) is 0 Å². The van der Waals surface area contributed by atoms with E-state index in [1.165, 1.54) is 11.3 Å². The number of piperidine rings is 1. The van der Waals surface area contributed by atoms with Gasteiger partial charge in [0.1, 0.15) is 0 Å². The molecule has 2 saturated carbocycles. The van der Waals surface area contributed by atoms with Crippen molar-refractivity contribution in [3.05, 3.63) is 0 Å². The molecule has 1 aliphatic heterocycles. The molecule has 1 heterocycles. The van der Waals surface area contributed by atoms with E-state index in [-0.39, 0.29) is 23.3 Å². The molecule has 116 valence electrons. The van der Waals surface area contributed by atoms with Gasteiger partial charge in [0, 0.05) is 18.9 Å². The Morgan fingerprint density at radius 3 is 2.19 bits per heavy atom. The van der Waals surface area contributed by atoms with E-state index in [4.69, 9.17) is 5.11 Å². The summed E-state index contributed by atoms with van der Waals surface area (Å²) in [5.74, 6) is -1.34. The van der Waals surface area contributed by atoms with Crippen LogP contribution in [0.25, 0.3) is 0 Å². The molecule has 1 spiro atoms. The van der Waals surface area contributed by atoms with Crippen molar-refractivity contribution in [1.29, 1.82) is 0 Å². The third-order valence-corrected chi connectivity index (χ3v) is 5.62. The first kappa shape index (κ1) is 14.5. The Labute approximate surface area is 124 Å². The number of rotatable bonds is 2. The van der Waals surface area contributed by atoms with E-state index in [0.29, 0.717) is 32.1 Å². The van der Waals surface area contributed by atoms with Gasteiger partial charge in [-0.25, -0.2) is 0 Å². The summed E-state index contributed by atoms with van der Waals surface area (Å²) in [7, 11) is 0. The molecule has 1 N–H and O–H groups in total. The predicted molar refractivity (Wildman–Crippen MR) is 75.4 cm³/mol. The molecule has 0 aromatic heterocycles. The molecule has 5 nitrogen and oxygen atoms in total. The number of nitrogens with zero attached hydrogens (tertiary/aromatic N) is 1. The first-order chi connectivity index (χ1) is 10.0. The first-order valence-corrected chi connectivity index (χ1v) is 8.08. The fraction of sp³-hybridized carbons (Fsp3) is 0.812. The van der Waals surface area contributed by atoms with E-state index in [1.807, 2.05) is 0 Å². The Hall–Kier alpha value is -1.39. The van der Waals surface area contributed by atoms with Crippen LogP contribution in [0.1, 0.15) is 64.2 Å². The molecule has 2 amide bonds. The number of carboxylic acid groups (broad SMARTS) is 1. The van der Waals surface area contributed by atoms with Gasteiger partial charge in [-0.05, 0) is 37.5 Å². The molecular weight excluding hydrogens is 270 g/mol. The van der Waals surface area contributed by atoms with Crippen molar-refractivity contribution in [3.8, 4) is 0 Å². The molecule has 0 aromatic carbocycles. The van der Waals surface area contributed by atoms with Crippen molar-refractivity contribution < 1.29 is 19.5 Å². The van der Waals surface area contributed by atoms with Gasteiger partial charge < -0.3 is 5.11 Å².